The van der Waals surface area contributed by atoms with E-state index in [1.807, 2.05) is 12.4 Å². The minimum atomic E-state index is 0.480. The molecule has 3 heterocycles. The normalized spacial score (nSPS) is 30.8. The van der Waals surface area contributed by atoms with Crippen LogP contribution in [0, 0.1) is 0 Å². The summed E-state index contributed by atoms with van der Waals surface area (Å²) in [6, 6.07) is 3.34. The van der Waals surface area contributed by atoms with Gasteiger partial charge in [-0.25, -0.2) is 4.58 Å². The lowest BCUT2D eigenvalue weighted by Gasteiger charge is -2.17. The maximum atomic E-state index is 4.45. The van der Waals surface area contributed by atoms with Crippen LogP contribution in [0.5, 0.6) is 0 Å². The summed E-state index contributed by atoms with van der Waals surface area (Å²) in [5.74, 6) is 0. The summed E-state index contributed by atoms with van der Waals surface area (Å²) >= 11 is 0. The first-order valence-corrected chi connectivity index (χ1v) is 6.75. The summed E-state index contributed by atoms with van der Waals surface area (Å²) in [5, 5.41) is 0. The van der Waals surface area contributed by atoms with Gasteiger partial charge in [0, 0.05) is 36.4 Å². The van der Waals surface area contributed by atoms with Gasteiger partial charge in [-0.05, 0) is 18.2 Å². The van der Waals surface area contributed by atoms with E-state index in [0.717, 1.165) is 6.54 Å². The van der Waals surface area contributed by atoms with E-state index in [-0.39, 0.29) is 0 Å². The Morgan fingerprint density at radius 2 is 2.17 bits per heavy atom. The SMILES string of the molecule is C[N+]1=CCCC1c1cncc(C2C=CC[NH+]2C)c1. The number of nitrogens with zero attached hydrogens (tertiary/aromatic N) is 2. The Hall–Kier alpha value is -1.48. The van der Waals surface area contributed by atoms with Crippen LogP contribution in [-0.2, 0) is 0 Å². The number of hydrogen-bond acceptors (Lipinski definition) is 1. The first-order valence-electron chi connectivity index (χ1n) is 6.75. The van der Waals surface area contributed by atoms with Crippen LogP contribution in [0.2, 0.25) is 0 Å². The summed E-state index contributed by atoms with van der Waals surface area (Å²) in [7, 11) is 4.41. The molecule has 18 heavy (non-hydrogen) atoms. The Bertz CT molecular complexity index is 487. The molecule has 0 aromatic carbocycles. The Morgan fingerprint density at radius 1 is 1.33 bits per heavy atom. The smallest absolute Gasteiger partial charge is 0.179 e. The minimum absolute atomic E-state index is 0.480. The molecule has 1 aromatic heterocycles. The summed E-state index contributed by atoms with van der Waals surface area (Å²) in [6.45, 7) is 1.12. The highest BCUT2D eigenvalue weighted by atomic mass is 15.1. The number of pyridine rings is 1. The number of rotatable bonds is 2. The zero-order valence-corrected chi connectivity index (χ0v) is 11.1. The lowest BCUT2D eigenvalue weighted by atomic mass is 10.0. The van der Waals surface area contributed by atoms with Crippen molar-refractivity contribution < 1.29 is 9.48 Å². The molecule has 0 spiro atoms. The molecule has 0 aliphatic carbocycles. The van der Waals surface area contributed by atoms with Crippen molar-refractivity contribution in [1.29, 1.82) is 0 Å². The highest BCUT2D eigenvalue weighted by Crippen LogP contribution is 2.26. The second-order valence-corrected chi connectivity index (χ2v) is 5.45. The lowest BCUT2D eigenvalue weighted by molar-refractivity contribution is -0.893. The molecular weight excluding hydrogens is 222 g/mol. The molecule has 3 unspecified atom stereocenters. The molecule has 2 aliphatic rings. The second-order valence-electron chi connectivity index (χ2n) is 5.45. The fourth-order valence-electron chi connectivity index (χ4n) is 3.07. The Labute approximate surface area is 108 Å². The van der Waals surface area contributed by atoms with Crippen LogP contribution in [0.3, 0.4) is 0 Å². The number of aromatic nitrogens is 1. The molecule has 3 nitrogen and oxygen atoms in total. The van der Waals surface area contributed by atoms with Gasteiger partial charge in [0.15, 0.2) is 6.04 Å². The molecule has 3 rings (SSSR count). The molecule has 0 saturated carbocycles. The lowest BCUT2D eigenvalue weighted by Crippen LogP contribution is -3.07. The van der Waals surface area contributed by atoms with E-state index < -0.39 is 0 Å². The van der Waals surface area contributed by atoms with Gasteiger partial charge in [0.1, 0.15) is 19.3 Å². The predicted octanol–water partition coefficient (Wildman–Crippen LogP) is 0.755. The van der Waals surface area contributed by atoms with Crippen molar-refractivity contribution in [2.45, 2.75) is 24.9 Å². The van der Waals surface area contributed by atoms with Gasteiger partial charge in [-0.3, -0.25) is 4.98 Å². The van der Waals surface area contributed by atoms with E-state index in [0.29, 0.717) is 12.1 Å². The predicted molar refractivity (Wildman–Crippen MR) is 72.1 cm³/mol. The van der Waals surface area contributed by atoms with Gasteiger partial charge >= 0.3 is 0 Å². The van der Waals surface area contributed by atoms with Gasteiger partial charge in [0.05, 0.1) is 13.6 Å². The van der Waals surface area contributed by atoms with Crippen molar-refractivity contribution in [3.05, 3.63) is 41.7 Å². The van der Waals surface area contributed by atoms with Gasteiger partial charge in [-0.15, -0.1) is 0 Å². The van der Waals surface area contributed by atoms with E-state index in [2.05, 4.69) is 48.1 Å². The van der Waals surface area contributed by atoms with Crippen LogP contribution in [0.4, 0.5) is 0 Å². The third-order valence-electron chi connectivity index (χ3n) is 4.17. The van der Waals surface area contributed by atoms with Crippen LogP contribution in [0.15, 0.2) is 30.6 Å². The molecule has 1 aromatic rings. The van der Waals surface area contributed by atoms with Gasteiger partial charge in [-0.1, -0.05) is 0 Å². The van der Waals surface area contributed by atoms with Crippen LogP contribution < -0.4 is 4.90 Å². The standard InChI is InChI=1S/C15H20N3/c1-17-7-3-5-14(17)12-9-13(11-16-10-12)15-6-4-8-18(15)2/h3,5,8-11,14-15H,4,6-7H2,1-2H3/q+1/p+1. The molecule has 94 valence electrons. The zero-order chi connectivity index (χ0) is 12.5. The summed E-state index contributed by atoms with van der Waals surface area (Å²) in [5.41, 5.74) is 2.70. The maximum Gasteiger partial charge on any atom is 0.179 e. The first-order chi connectivity index (χ1) is 8.75. The summed E-state index contributed by atoms with van der Waals surface area (Å²) in [4.78, 5) is 5.98. The molecule has 0 fully saturated rings. The van der Waals surface area contributed by atoms with Crippen molar-refractivity contribution in [2.24, 2.45) is 0 Å². The molecular formula is C15H21N3+2. The number of quaternary nitrogens is 1. The average molecular weight is 243 g/mol. The van der Waals surface area contributed by atoms with E-state index in [1.165, 1.54) is 28.9 Å². The van der Waals surface area contributed by atoms with Crippen LogP contribution >= 0.6 is 0 Å². The highest BCUT2D eigenvalue weighted by Gasteiger charge is 2.27. The summed E-state index contributed by atoms with van der Waals surface area (Å²) < 4.78 is 2.32. The van der Waals surface area contributed by atoms with Crippen molar-refractivity contribution >= 4 is 6.21 Å². The number of likely N-dealkylation sites (N-methyl/N-ethyl adjacent to an activating group) is 1. The second kappa shape index (κ2) is 4.65. The molecule has 0 bridgehead atoms. The first kappa shape index (κ1) is 11.6. The average Bonchev–Trinajstić information content (AvgIpc) is 2.98. The van der Waals surface area contributed by atoms with Crippen LogP contribution in [-0.4, -0.2) is 36.4 Å². The van der Waals surface area contributed by atoms with Crippen molar-refractivity contribution in [2.75, 3.05) is 20.6 Å². The van der Waals surface area contributed by atoms with E-state index in [1.54, 1.807) is 0 Å². The Kier molecular flexibility index (Phi) is 3.00. The van der Waals surface area contributed by atoms with E-state index in [9.17, 15) is 0 Å². The highest BCUT2D eigenvalue weighted by molar-refractivity contribution is 5.53. The Morgan fingerprint density at radius 3 is 2.83 bits per heavy atom. The molecule has 2 aliphatic heterocycles. The Balaban J connectivity index is 1.89. The monoisotopic (exact) mass is 243 g/mol. The van der Waals surface area contributed by atoms with E-state index >= 15 is 0 Å². The summed E-state index contributed by atoms with van der Waals surface area (Å²) in [6.07, 6.45) is 13.3. The maximum absolute atomic E-state index is 4.45. The van der Waals surface area contributed by atoms with Gasteiger partial charge < -0.3 is 4.90 Å². The number of nitrogens with one attached hydrogen (secondary N) is 1. The fourth-order valence-corrected chi connectivity index (χ4v) is 3.07. The molecule has 0 saturated heterocycles. The quantitative estimate of drug-likeness (QED) is 0.600. The zero-order valence-electron chi connectivity index (χ0n) is 11.1. The molecule has 0 amide bonds. The van der Waals surface area contributed by atoms with Crippen molar-refractivity contribution in [3.63, 3.8) is 0 Å². The number of hydrogen-bond donors (Lipinski definition) is 1. The largest absolute Gasteiger partial charge is 0.325 e. The third-order valence-corrected chi connectivity index (χ3v) is 4.17. The molecule has 1 N–H and O–H groups in total. The molecule has 3 heteroatoms. The topological polar surface area (TPSA) is 20.3 Å². The van der Waals surface area contributed by atoms with Gasteiger partial charge in [0.25, 0.3) is 0 Å². The van der Waals surface area contributed by atoms with Crippen LogP contribution in [0.25, 0.3) is 0 Å². The van der Waals surface area contributed by atoms with Gasteiger partial charge in [0.2, 0.25) is 0 Å². The van der Waals surface area contributed by atoms with Crippen molar-refractivity contribution in [3.8, 4) is 0 Å². The third kappa shape index (κ3) is 1.99. The van der Waals surface area contributed by atoms with Crippen LogP contribution in [0.1, 0.15) is 36.1 Å². The van der Waals surface area contributed by atoms with Gasteiger partial charge in [-0.2, -0.15) is 0 Å². The fraction of sp³-hybridized carbons (Fsp3) is 0.467. The minimum Gasteiger partial charge on any atom is -0.325 e. The van der Waals surface area contributed by atoms with E-state index in [4.69, 9.17) is 0 Å². The molecule has 0 radical (unpaired) electrons. The molecule has 3 atom stereocenters. The van der Waals surface area contributed by atoms with Crippen molar-refractivity contribution in [1.82, 2.24) is 4.98 Å².